The molecule has 0 aliphatic rings. The van der Waals surface area contributed by atoms with Crippen LogP contribution in [-0.4, -0.2) is 23.5 Å². The lowest BCUT2D eigenvalue weighted by atomic mass is 10.2. The topological polar surface area (TPSA) is 66.4 Å². The molecule has 4 nitrogen and oxygen atoms in total. The Hall–Kier alpha value is -1.55. The molecule has 0 aromatic heterocycles. The van der Waals surface area contributed by atoms with E-state index in [4.69, 9.17) is 16.7 Å². The molecular weight excluding hydrogens is 242 g/mol. The monoisotopic (exact) mass is 255 g/mol. The van der Waals surface area contributed by atoms with Crippen LogP contribution in [0.4, 0.5) is 0 Å². The summed E-state index contributed by atoms with van der Waals surface area (Å²) in [6, 6.07) is 6.60. The maximum Gasteiger partial charge on any atom is 0.303 e. The van der Waals surface area contributed by atoms with E-state index in [9.17, 15) is 9.59 Å². The Morgan fingerprint density at radius 2 is 1.82 bits per heavy atom. The van der Waals surface area contributed by atoms with Gasteiger partial charge in [-0.3, -0.25) is 9.59 Å². The van der Waals surface area contributed by atoms with Gasteiger partial charge < -0.3 is 10.4 Å². The maximum absolute atomic E-state index is 11.6. The summed E-state index contributed by atoms with van der Waals surface area (Å²) in [6.07, 6.45) is 1.36. The van der Waals surface area contributed by atoms with Gasteiger partial charge in [-0.05, 0) is 37.1 Å². The quantitative estimate of drug-likeness (QED) is 0.767. The van der Waals surface area contributed by atoms with E-state index in [-0.39, 0.29) is 12.3 Å². The third kappa shape index (κ3) is 5.36. The molecule has 5 heteroatoms. The van der Waals surface area contributed by atoms with Crippen LogP contribution in [-0.2, 0) is 4.79 Å². The van der Waals surface area contributed by atoms with Gasteiger partial charge >= 0.3 is 5.97 Å². The Kier molecular flexibility index (Phi) is 5.49. The van der Waals surface area contributed by atoms with Crippen LogP contribution in [0.15, 0.2) is 24.3 Å². The smallest absolute Gasteiger partial charge is 0.303 e. The molecule has 1 aromatic carbocycles. The van der Waals surface area contributed by atoms with Crippen LogP contribution in [0.5, 0.6) is 0 Å². The van der Waals surface area contributed by atoms with Crippen LogP contribution < -0.4 is 5.32 Å². The lowest BCUT2D eigenvalue weighted by molar-refractivity contribution is -0.137. The Morgan fingerprint density at radius 1 is 1.18 bits per heavy atom. The first-order valence-electron chi connectivity index (χ1n) is 5.35. The minimum atomic E-state index is -0.811. The molecule has 0 unspecified atom stereocenters. The zero-order valence-corrected chi connectivity index (χ0v) is 10.0. The molecule has 0 bridgehead atoms. The van der Waals surface area contributed by atoms with Crippen LogP contribution in [0, 0.1) is 0 Å². The summed E-state index contributed by atoms with van der Waals surface area (Å²) in [5.74, 6) is -0.981. The Labute approximate surface area is 105 Å². The summed E-state index contributed by atoms with van der Waals surface area (Å²) in [6.45, 7) is 0.481. The molecule has 17 heavy (non-hydrogen) atoms. The number of hydrogen-bond acceptors (Lipinski definition) is 2. The van der Waals surface area contributed by atoms with Crippen LogP contribution >= 0.6 is 11.6 Å². The normalized spacial score (nSPS) is 9.94. The van der Waals surface area contributed by atoms with Crippen molar-refractivity contribution in [3.8, 4) is 0 Å². The highest BCUT2D eigenvalue weighted by Gasteiger charge is 2.04. The van der Waals surface area contributed by atoms with Gasteiger partial charge in [0, 0.05) is 23.6 Å². The van der Waals surface area contributed by atoms with Gasteiger partial charge in [0.1, 0.15) is 0 Å². The average Bonchev–Trinajstić information content (AvgIpc) is 2.29. The van der Waals surface area contributed by atoms with E-state index >= 15 is 0 Å². The van der Waals surface area contributed by atoms with Gasteiger partial charge in [0.15, 0.2) is 0 Å². The number of carboxylic acids is 1. The van der Waals surface area contributed by atoms with Crippen LogP contribution in [0.25, 0.3) is 0 Å². The molecule has 92 valence electrons. The molecule has 0 atom stereocenters. The summed E-state index contributed by atoms with van der Waals surface area (Å²) in [5.41, 5.74) is 0.549. The maximum atomic E-state index is 11.6. The van der Waals surface area contributed by atoms with Gasteiger partial charge in [-0.15, -0.1) is 0 Å². The zero-order chi connectivity index (χ0) is 12.7. The lowest BCUT2D eigenvalue weighted by Crippen LogP contribution is -2.24. The SMILES string of the molecule is O=C(O)CCCCNC(=O)c1ccc(Cl)cc1. The predicted molar refractivity (Wildman–Crippen MR) is 65.3 cm³/mol. The molecule has 2 N–H and O–H groups in total. The molecule has 1 aromatic rings. The van der Waals surface area contributed by atoms with E-state index in [0.29, 0.717) is 30.0 Å². The van der Waals surface area contributed by atoms with Gasteiger partial charge in [0.05, 0.1) is 0 Å². The molecule has 1 rings (SSSR count). The highest BCUT2D eigenvalue weighted by Crippen LogP contribution is 2.09. The van der Waals surface area contributed by atoms with Gasteiger partial charge in [-0.25, -0.2) is 0 Å². The second-order valence-electron chi connectivity index (χ2n) is 3.61. The van der Waals surface area contributed by atoms with E-state index in [1.165, 1.54) is 0 Å². The second-order valence-corrected chi connectivity index (χ2v) is 4.05. The molecule has 0 aliphatic heterocycles. The number of hydrogen-bond donors (Lipinski definition) is 2. The Bertz CT molecular complexity index is 389. The van der Waals surface area contributed by atoms with E-state index in [1.54, 1.807) is 24.3 Å². The molecule has 0 spiro atoms. The first-order chi connectivity index (χ1) is 8.09. The molecule has 0 heterocycles. The highest BCUT2D eigenvalue weighted by atomic mass is 35.5. The standard InChI is InChI=1S/C12H14ClNO3/c13-10-6-4-9(5-7-10)12(17)14-8-2-1-3-11(15)16/h4-7H,1-3,8H2,(H,14,17)(H,15,16). The van der Waals surface area contributed by atoms with Crippen molar-refractivity contribution in [3.05, 3.63) is 34.9 Å². The number of benzene rings is 1. The third-order valence-electron chi connectivity index (χ3n) is 2.21. The Balaban J connectivity index is 2.25. The number of carbonyl (C=O) groups is 2. The summed E-state index contributed by atoms with van der Waals surface area (Å²) < 4.78 is 0. The minimum absolute atomic E-state index is 0.136. The van der Waals surface area contributed by atoms with Crippen molar-refractivity contribution >= 4 is 23.5 Å². The van der Waals surface area contributed by atoms with Crippen LogP contribution in [0.2, 0.25) is 5.02 Å². The molecule has 0 aliphatic carbocycles. The number of unbranched alkanes of at least 4 members (excludes halogenated alkanes) is 1. The number of aliphatic carboxylic acids is 1. The molecule has 0 fully saturated rings. The average molecular weight is 256 g/mol. The lowest BCUT2D eigenvalue weighted by Gasteiger charge is -2.04. The van der Waals surface area contributed by atoms with Crippen molar-refractivity contribution in [3.63, 3.8) is 0 Å². The summed E-state index contributed by atoms with van der Waals surface area (Å²) in [4.78, 5) is 21.8. The van der Waals surface area contributed by atoms with Gasteiger partial charge in [-0.1, -0.05) is 11.6 Å². The van der Waals surface area contributed by atoms with Gasteiger partial charge in [0.2, 0.25) is 0 Å². The summed E-state index contributed by atoms with van der Waals surface area (Å²) >= 11 is 5.70. The van der Waals surface area contributed by atoms with Crippen molar-refractivity contribution < 1.29 is 14.7 Å². The number of nitrogens with one attached hydrogen (secondary N) is 1. The second kappa shape index (κ2) is 6.91. The number of halogens is 1. The first kappa shape index (κ1) is 13.5. The van der Waals surface area contributed by atoms with Crippen molar-refractivity contribution in [2.24, 2.45) is 0 Å². The van der Waals surface area contributed by atoms with Crippen molar-refractivity contribution in [1.82, 2.24) is 5.32 Å². The fraction of sp³-hybridized carbons (Fsp3) is 0.333. The van der Waals surface area contributed by atoms with Crippen LogP contribution in [0.3, 0.4) is 0 Å². The van der Waals surface area contributed by atoms with Crippen molar-refractivity contribution in [2.75, 3.05) is 6.54 Å². The van der Waals surface area contributed by atoms with Gasteiger partial charge in [-0.2, -0.15) is 0 Å². The third-order valence-corrected chi connectivity index (χ3v) is 2.46. The van der Waals surface area contributed by atoms with E-state index in [2.05, 4.69) is 5.32 Å². The molecule has 0 saturated carbocycles. The number of carbonyl (C=O) groups excluding carboxylic acids is 1. The van der Waals surface area contributed by atoms with Crippen molar-refractivity contribution in [1.29, 1.82) is 0 Å². The molecular formula is C12H14ClNO3. The van der Waals surface area contributed by atoms with Gasteiger partial charge in [0.25, 0.3) is 5.91 Å². The largest absolute Gasteiger partial charge is 0.481 e. The zero-order valence-electron chi connectivity index (χ0n) is 9.28. The fourth-order valence-electron chi connectivity index (χ4n) is 1.31. The molecule has 0 saturated heterocycles. The fourth-order valence-corrected chi connectivity index (χ4v) is 1.43. The highest BCUT2D eigenvalue weighted by molar-refractivity contribution is 6.30. The minimum Gasteiger partial charge on any atom is -0.481 e. The number of amides is 1. The van der Waals surface area contributed by atoms with Crippen LogP contribution in [0.1, 0.15) is 29.6 Å². The number of carboxylic acid groups (broad SMARTS) is 1. The Morgan fingerprint density at radius 3 is 2.41 bits per heavy atom. The predicted octanol–water partition coefficient (Wildman–Crippen LogP) is 2.32. The molecule has 0 radical (unpaired) electrons. The molecule has 1 amide bonds. The van der Waals surface area contributed by atoms with E-state index in [1.807, 2.05) is 0 Å². The number of rotatable bonds is 6. The van der Waals surface area contributed by atoms with E-state index in [0.717, 1.165) is 0 Å². The van der Waals surface area contributed by atoms with E-state index < -0.39 is 5.97 Å². The van der Waals surface area contributed by atoms with Crippen molar-refractivity contribution in [2.45, 2.75) is 19.3 Å². The first-order valence-corrected chi connectivity index (χ1v) is 5.73. The summed E-state index contributed by atoms with van der Waals surface area (Å²) in [5, 5.41) is 11.7. The summed E-state index contributed by atoms with van der Waals surface area (Å²) in [7, 11) is 0.